The van der Waals surface area contributed by atoms with E-state index in [0.717, 1.165) is 33.9 Å². The van der Waals surface area contributed by atoms with E-state index in [9.17, 15) is 4.79 Å². The molecule has 4 rings (SSSR count). The van der Waals surface area contributed by atoms with Crippen molar-refractivity contribution in [2.24, 2.45) is 0 Å². The first-order valence-corrected chi connectivity index (χ1v) is 8.14. The molecule has 0 radical (unpaired) electrons. The lowest BCUT2D eigenvalue weighted by molar-refractivity contribution is -0.121. The molecule has 0 fully saturated rings. The molecule has 2 aromatic rings. The second-order valence-corrected chi connectivity index (χ2v) is 6.71. The number of aromatic nitrogens is 2. The molecule has 0 aliphatic carbocycles. The van der Waals surface area contributed by atoms with Crippen LogP contribution in [0.1, 0.15) is 25.2 Å². The molecule has 0 spiro atoms. The lowest BCUT2D eigenvalue weighted by Gasteiger charge is -2.23. The third-order valence-electron chi connectivity index (χ3n) is 4.66. The number of hydrogen-bond donors (Lipinski definition) is 2. The Hall–Kier alpha value is -3.15. The van der Waals surface area contributed by atoms with Gasteiger partial charge in [0.2, 0.25) is 5.91 Å². The van der Waals surface area contributed by atoms with Crippen molar-refractivity contribution in [3.05, 3.63) is 66.2 Å². The molecule has 2 N–H and O–H groups in total. The average molecular weight is 333 g/mol. The van der Waals surface area contributed by atoms with Crippen LogP contribution >= 0.6 is 0 Å². The highest BCUT2D eigenvalue weighted by Gasteiger charge is 2.45. The summed E-state index contributed by atoms with van der Waals surface area (Å²) in [5.41, 5.74) is 9.86. The maximum atomic E-state index is 13.1. The predicted octanol–water partition coefficient (Wildman–Crippen LogP) is 2.54. The zero-order valence-electron chi connectivity index (χ0n) is 14.4. The summed E-state index contributed by atoms with van der Waals surface area (Å²) in [7, 11) is 0. The third kappa shape index (κ3) is 2.38. The molecule has 6 nitrogen and oxygen atoms in total. The van der Waals surface area contributed by atoms with Gasteiger partial charge in [-0.3, -0.25) is 9.69 Å². The van der Waals surface area contributed by atoms with Crippen molar-refractivity contribution in [1.29, 1.82) is 0 Å². The van der Waals surface area contributed by atoms with Gasteiger partial charge in [0.15, 0.2) is 0 Å². The molecule has 1 amide bonds. The molecule has 126 valence electrons. The van der Waals surface area contributed by atoms with E-state index in [-0.39, 0.29) is 5.91 Å². The number of anilines is 1. The molecular formula is C19H19N5O. The molecule has 2 aliphatic rings. The molecule has 25 heavy (non-hydrogen) atoms. The number of benzene rings is 1. The number of hydrazine groups is 1. The Bertz CT molecular complexity index is 912. The quantitative estimate of drug-likeness (QED) is 0.884. The first-order chi connectivity index (χ1) is 12.0. The van der Waals surface area contributed by atoms with Crippen molar-refractivity contribution < 1.29 is 4.79 Å². The number of nitrogens with one attached hydrogen (secondary N) is 2. The SMILES string of the molecule is Cc1ncc(-c2ccc3c(c2)N(C2=CNNC=C2)C(=O)C3(C)C)cn1. The van der Waals surface area contributed by atoms with Crippen LogP contribution in [0.4, 0.5) is 5.69 Å². The van der Waals surface area contributed by atoms with Crippen molar-refractivity contribution in [2.45, 2.75) is 26.2 Å². The van der Waals surface area contributed by atoms with Crippen LogP contribution in [0.25, 0.3) is 11.1 Å². The zero-order valence-corrected chi connectivity index (χ0v) is 14.4. The summed E-state index contributed by atoms with van der Waals surface area (Å²) in [4.78, 5) is 23.4. The average Bonchev–Trinajstić information content (AvgIpc) is 2.82. The normalized spacial score (nSPS) is 17.6. The summed E-state index contributed by atoms with van der Waals surface area (Å²) in [5, 5.41) is 0. The van der Waals surface area contributed by atoms with Crippen molar-refractivity contribution in [3.63, 3.8) is 0 Å². The molecule has 2 aliphatic heterocycles. The second-order valence-electron chi connectivity index (χ2n) is 6.71. The number of rotatable bonds is 2. The van der Waals surface area contributed by atoms with Gasteiger partial charge in [0.1, 0.15) is 5.82 Å². The molecule has 3 heterocycles. The maximum absolute atomic E-state index is 13.1. The van der Waals surface area contributed by atoms with E-state index in [4.69, 9.17) is 0 Å². The summed E-state index contributed by atoms with van der Waals surface area (Å²) in [6, 6.07) is 6.09. The minimum atomic E-state index is -0.572. The van der Waals surface area contributed by atoms with E-state index in [1.807, 2.05) is 57.4 Å². The number of hydrogen-bond acceptors (Lipinski definition) is 5. The Morgan fingerprint density at radius 2 is 1.84 bits per heavy atom. The molecule has 0 unspecified atom stereocenters. The van der Waals surface area contributed by atoms with Crippen LogP contribution in [-0.2, 0) is 10.2 Å². The van der Waals surface area contributed by atoms with Gasteiger partial charge in [0.05, 0.1) is 16.8 Å². The van der Waals surface area contributed by atoms with Crippen LogP contribution in [-0.4, -0.2) is 15.9 Å². The van der Waals surface area contributed by atoms with Crippen molar-refractivity contribution >= 4 is 11.6 Å². The van der Waals surface area contributed by atoms with Gasteiger partial charge in [-0.05, 0) is 44.0 Å². The second kappa shape index (κ2) is 5.44. The fourth-order valence-corrected chi connectivity index (χ4v) is 3.20. The predicted molar refractivity (Wildman–Crippen MR) is 96.2 cm³/mol. The third-order valence-corrected chi connectivity index (χ3v) is 4.66. The van der Waals surface area contributed by atoms with E-state index in [0.29, 0.717) is 0 Å². The van der Waals surface area contributed by atoms with Gasteiger partial charge < -0.3 is 10.9 Å². The standard InChI is InChI=1S/C19H19N5O/c1-12-20-9-14(10-21-12)13-4-5-16-17(8-13)24(18(25)19(16,2)3)15-6-7-22-23-11-15/h4-11,22-23H,1-3H3. The van der Waals surface area contributed by atoms with Gasteiger partial charge in [-0.25, -0.2) is 9.97 Å². The molecule has 1 aromatic carbocycles. The van der Waals surface area contributed by atoms with Crippen LogP contribution in [0, 0.1) is 6.92 Å². The minimum Gasteiger partial charge on any atom is -0.309 e. The Morgan fingerprint density at radius 1 is 1.08 bits per heavy atom. The van der Waals surface area contributed by atoms with Crippen molar-refractivity contribution in [2.75, 3.05) is 4.90 Å². The van der Waals surface area contributed by atoms with E-state index in [2.05, 4.69) is 20.8 Å². The Morgan fingerprint density at radius 3 is 2.52 bits per heavy atom. The topological polar surface area (TPSA) is 70.2 Å². The first kappa shape index (κ1) is 15.4. The van der Waals surface area contributed by atoms with E-state index >= 15 is 0 Å². The number of carbonyl (C=O) groups excluding carboxylic acids is 1. The van der Waals surface area contributed by atoms with Crippen LogP contribution in [0.2, 0.25) is 0 Å². The summed E-state index contributed by atoms with van der Waals surface area (Å²) < 4.78 is 0. The largest absolute Gasteiger partial charge is 0.309 e. The van der Waals surface area contributed by atoms with Gasteiger partial charge >= 0.3 is 0 Å². The van der Waals surface area contributed by atoms with Gasteiger partial charge in [0.25, 0.3) is 0 Å². The number of carbonyl (C=O) groups is 1. The van der Waals surface area contributed by atoms with Crippen LogP contribution in [0.5, 0.6) is 0 Å². The summed E-state index contributed by atoms with van der Waals surface area (Å²) in [6.07, 6.45) is 9.04. The molecular weight excluding hydrogens is 314 g/mol. The Kier molecular flexibility index (Phi) is 3.35. The number of nitrogens with zero attached hydrogens (tertiary/aromatic N) is 3. The fraction of sp³-hybridized carbons (Fsp3) is 0.211. The smallest absolute Gasteiger partial charge is 0.241 e. The van der Waals surface area contributed by atoms with E-state index < -0.39 is 5.41 Å². The van der Waals surface area contributed by atoms with Gasteiger partial charge in [-0.1, -0.05) is 12.1 Å². The highest BCUT2D eigenvalue weighted by molar-refractivity contribution is 6.10. The summed E-state index contributed by atoms with van der Waals surface area (Å²) in [6.45, 7) is 5.78. The lowest BCUT2D eigenvalue weighted by Crippen LogP contribution is -2.37. The number of amides is 1. The van der Waals surface area contributed by atoms with Crippen LogP contribution < -0.4 is 15.8 Å². The summed E-state index contributed by atoms with van der Waals surface area (Å²) in [5.74, 6) is 0.790. The van der Waals surface area contributed by atoms with Crippen molar-refractivity contribution in [1.82, 2.24) is 20.8 Å². The minimum absolute atomic E-state index is 0.0550. The maximum Gasteiger partial charge on any atom is 0.241 e. The van der Waals surface area contributed by atoms with Gasteiger partial charge in [-0.15, -0.1) is 0 Å². The molecule has 0 bridgehead atoms. The van der Waals surface area contributed by atoms with E-state index in [1.165, 1.54) is 0 Å². The Balaban J connectivity index is 1.85. The highest BCUT2D eigenvalue weighted by atomic mass is 16.2. The Labute approximate surface area is 146 Å². The molecule has 0 atom stereocenters. The number of aryl methyl sites for hydroxylation is 1. The lowest BCUT2D eigenvalue weighted by atomic mass is 9.85. The number of allylic oxidation sites excluding steroid dienone is 1. The van der Waals surface area contributed by atoms with Crippen LogP contribution in [0.15, 0.2) is 54.8 Å². The molecule has 0 saturated carbocycles. The fourth-order valence-electron chi connectivity index (χ4n) is 3.20. The van der Waals surface area contributed by atoms with Crippen LogP contribution in [0.3, 0.4) is 0 Å². The number of fused-ring (bicyclic) bond motifs is 1. The van der Waals surface area contributed by atoms with Gasteiger partial charge in [-0.2, -0.15) is 0 Å². The molecule has 1 aromatic heterocycles. The zero-order chi connectivity index (χ0) is 17.6. The summed E-state index contributed by atoms with van der Waals surface area (Å²) >= 11 is 0. The molecule has 6 heteroatoms. The first-order valence-electron chi connectivity index (χ1n) is 8.14. The van der Waals surface area contributed by atoms with Gasteiger partial charge in [0, 0.05) is 30.4 Å². The van der Waals surface area contributed by atoms with E-state index in [1.54, 1.807) is 17.3 Å². The highest BCUT2D eigenvalue weighted by Crippen LogP contribution is 2.45. The molecule has 0 saturated heterocycles. The monoisotopic (exact) mass is 333 g/mol. The van der Waals surface area contributed by atoms with Crippen molar-refractivity contribution in [3.8, 4) is 11.1 Å².